The summed E-state index contributed by atoms with van der Waals surface area (Å²) in [5, 5.41) is 10.5. The summed E-state index contributed by atoms with van der Waals surface area (Å²) in [6.45, 7) is 1.91. The molecule has 2 aromatic rings. The summed E-state index contributed by atoms with van der Waals surface area (Å²) in [5.41, 5.74) is 1.93. The van der Waals surface area contributed by atoms with Crippen LogP contribution < -0.4 is 0 Å². The maximum atomic E-state index is 13.5. The van der Waals surface area contributed by atoms with E-state index in [1.807, 2.05) is 13.0 Å². The molecule has 1 atom stereocenters. The van der Waals surface area contributed by atoms with E-state index in [1.54, 1.807) is 12.3 Å². The first-order valence-corrected chi connectivity index (χ1v) is 5.98. The smallest absolute Gasteiger partial charge is 0.126 e. The van der Waals surface area contributed by atoms with E-state index < -0.39 is 6.10 Å². The van der Waals surface area contributed by atoms with Gasteiger partial charge in [0.25, 0.3) is 0 Å². The molecule has 0 fully saturated rings. The number of aliphatic hydroxyl groups is 1. The van der Waals surface area contributed by atoms with E-state index in [0.29, 0.717) is 16.3 Å². The highest BCUT2D eigenvalue weighted by molar-refractivity contribution is 6.30. The monoisotopic (exact) mass is 265 g/mol. The Labute approximate surface area is 110 Å². The molecule has 4 heteroatoms. The van der Waals surface area contributed by atoms with E-state index in [9.17, 15) is 9.50 Å². The van der Waals surface area contributed by atoms with Crippen LogP contribution in [0, 0.1) is 12.7 Å². The normalized spacial score (nSPS) is 12.4. The van der Waals surface area contributed by atoms with Crippen LogP contribution in [0.15, 0.2) is 36.5 Å². The molecule has 0 radical (unpaired) electrons. The first-order chi connectivity index (χ1) is 8.56. The Bertz CT molecular complexity index is 559. The summed E-state index contributed by atoms with van der Waals surface area (Å²) in [7, 11) is 0. The molecule has 0 spiro atoms. The van der Waals surface area contributed by atoms with Crippen LogP contribution in [-0.4, -0.2) is 10.1 Å². The molecule has 0 saturated carbocycles. The van der Waals surface area contributed by atoms with Crippen LogP contribution in [0.2, 0.25) is 5.02 Å². The number of aromatic nitrogens is 1. The summed E-state index contributed by atoms with van der Waals surface area (Å²) in [4.78, 5) is 4.08. The minimum Gasteiger partial charge on any atom is -0.386 e. The summed E-state index contributed by atoms with van der Waals surface area (Å²) in [6.07, 6.45) is 0.947. The first kappa shape index (κ1) is 13.0. The van der Waals surface area contributed by atoms with Gasteiger partial charge in [-0.3, -0.25) is 4.98 Å². The zero-order chi connectivity index (χ0) is 13.1. The van der Waals surface area contributed by atoms with Crippen LogP contribution in [0.3, 0.4) is 0 Å². The fourth-order valence-corrected chi connectivity index (χ4v) is 1.95. The number of pyridine rings is 1. The Hall–Kier alpha value is -1.45. The molecule has 1 N–H and O–H groups in total. The van der Waals surface area contributed by atoms with Gasteiger partial charge in [-0.1, -0.05) is 11.6 Å². The van der Waals surface area contributed by atoms with Gasteiger partial charge in [-0.2, -0.15) is 0 Å². The first-order valence-electron chi connectivity index (χ1n) is 5.61. The van der Waals surface area contributed by atoms with E-state index in [2.05, 4.69) is 4.98 Å². The highest BCUT2D eigenvalue weighted by Gasteiger charge is 2.13. The molecule has 1 unspecified atom stereocenters. The molecule has 18 heavy (non-hydrogen) atoms. The predicted octanol–water partition coefficient (Wildman–Crippen LogP) is 3.46. The van der Waals surface area contributed by atoms with Crippen molar-refractivity contribution in [1.82, 2.24) is 4.98 Å². The van der Waals surface area contributed by atoms with Crippen molar-refractivity contribution >= 4 is 11.6 Å². The topological polar surface area (TPSA) is 33.1 Å². The van der Waals surface area contributed by atoms with Crippen molar-refractivity contribution in [2.75, 3.05) is 0 Å². The third kappa shape index (κ3) is 3.06. The van der Waals surface area contributed by atoms with Crippen molar-refractivity contribution < 1.29 is 9.50 Å². The summed E-state index contributed by atoms with van der Waals surface area (Å²) < 4.78 is 13.5. The molecule has 1 heterocycles. The van der Waals surface area contributed by atoms with Gasteiger partial charge < -0.3 is 5.11 Å². The molecule has 94 valence electrons. The second kappa shape index (κ2) is 5.46. The zero-order valence-electron chi connectivity index (χ0n) is 9.90. The Kier molecular flexibility index (Phi) is 3.94. The lowest BCUT2D eigenvalue weighted by Crippen LogP contribution is -2.05. The number of benzene rings is 1. The number of nitrogens with zero attached hydrogens (tertiary/aromatic N) is 1. The van der Waals surface area contributed by atoms with Gasteiger partial charge >= 0.3 is 0 Å². The average Bonchev–Trinajstić information content (AvgIpc) is 2.34. The average molecular weight is 266 g/mol. The molecule has 0 aliphatic heterocycles. The van der Waals surface area contributed by atoms with Gasteiger partial charge in [0, 0.05) is 17.6 Å². The molecule has 1 aromatic heterocycles. The molecule has 2 rings (SSSR count). The van der Waals surface area contributed by atoms with Crippen molar-refractivity contribution in [1.29, 1.82) is 0 Å². The summed E-state index contributed by atoms with van der Waals surface area (Å²) in [5.74, 6) is -0.369. The number of hydrogen-bond donors (Lipinski definition) is 1. The number of aryl methyl sites for hydroxylation is 1. The zero-order valence-corrected chi connectivity index (χ0v) is 10.7. The van der Waals surface area contributed by atoms with Gasteiger partial charge in [0.2, 0.25) is 0 Å². The van der Waals surface area contributed by atoms with Crippen LogP contribution in [0.5, 0.6) is 0 Å². The third-order valence-electron chi connectivity index (χ3n) is 2.70. The number of halogens is 2. The highest BCUT2D eigenvalue weighted by Crippen LogP contribution is 2.21. The Morgan fingerprint density at radius 1 is 1.33 bits per heavy atom. The predicted molar refractivity (Wildman–Crippen MR) is 69.0 cm³/mol. The van der Waals surface area contributed by atoms with E-state index in [4.69, 9.17) is 11.6 Å². The molecule has 0 aliphatic carbocycles. The van der Waals surface area contributed by atoms with Crippen molar-refractivity contribution in [2.45, 2.75) is 19.4 Å². The van der Waals surface area contributed by atoms with Gasteiger partial charge in [0.05, 0.1) is 5.69 Å². The van der Waals surface area contributed by atoms with Gasteiger partial charge in [0.1, 0.15) is 11.9 Å². The van der Waals surface area contributed by atoms with Crippen LogP contribution in [0.4, 0.5) is 4.39 Å². The number of aliphatic hydroxyl groups excluding tert-OH is 1. The van der Waals surface area contributed by atoms with E-state index >= 15 is 0 Å². The van der Waals surface area contributed by atoms with Crippen molar-refractivity contribution in [3.05, 3.63) is 64.2 Å². The van der Waals surface area contributed by atoms with Gasteiger partial charge in [-0.05, 0) is 48.4 Å². The fourth-order valence-electron chi connectivity index (χ4n) is 1.75. The molecule has 1 aromatic carbocycles. The molecule has 0 aliphatic rings. The number of hydrogen-bond acceptors (Lipinski definition) is 2. The van der Waals surface area contributed by atoms with Crippen LogP contribution >= 0.6 is 11.6 Å². The Balaban J connectivity index is 2.21. The van der Waals surface area contributed by atoms with Crippen LogP contribution in [0.25, 0.3) is 0 Å². The highest BCUT2D eigenvalue weighted by atomic mass is 35.5. The van der Waals surface area contributed by atoms with Gasteiger partial charge in [-0.25, -0.2) is 4.39 Å². The van der Waals surface area contributed by atoms with Crippen LogP contribution in [0.1, 0.15) is 22.9 Å². The molecule has 2 nitrogen and oxygen atoms in total. The maximum Gasteiger partial charge on any atom is 0.126 e. The van der Waals surface area contributed by atoms with E-state index in [0.717, 1.165) is 5.56 Å². The fraction of sp³-hybridized carbons (Fsp3) is 0.214. The lowest BCUT2D eigenvalue weighted by molar-refractivity contribution is 0.172. The number of rotatable bonds is 3. The SMILES string of the molecule is Cc1ccnc(C(O)Cc2cc(Cl)ccc2F)c1. The lowest BCUT2D eigenvalue weighted by Gasteiger charge is -2.11. The third-order valence-corrected chi connectivity index (χ3v) is 2.93. The molecule has 0 saturated heterocycles. The summed E-state index contributed by atoms with van der Waals surface area (Å²) in [6, 6.07) is 7.94. The Morgan fingerprint density at radius 2 is 2.11 bits per heavy atom. The second-order valence-corrected chi connectivity index (χ2v) is 4.65. The standard InChI is InChI=1S/C14H13ClFNO/c1-9-4-5-17-13(6-9)14(18)8-10-7-11(15)2-3-12(10)16/h2-7,14,18H,8H2,1H3. The van der Waals surface area contributed by atoms with Crippen molar-refractivity contribution in [2.24, 2.45) is 0 Å². The van der Waals surface area contributed by atoms with Gasteiger partial charge in [-0.15, -0.1) is 0 Å². The van der Waals surface area contributed by atoms with E-state index in [1.165, 1.54) is 18.2 Å². The molecular weight excluding hydrogens is 253 g/mol. The molecule has 0 bridgehead atoms. The molecular formula is C14H13ClFNO. The maximum absolute atomic E-state index is 13.5. The quantitative estimate of drug-likeness (QED) is 0.922. The molecule has 0 amide bonds. The Morgan fingerprint density at radius 3 is 2.83 bits per heavy atom. The van der Waals surface area contributed by atoms with Crippen LogP contribution in [-0.2, 0) is 6.42 Å². The van der Waals surface area contributed by atoms with Crippen molar-refractivity contribution in [3.8, 4) is 0 Å². The largest absolute Gasteiger partial charge is 0.386 e. The van der Waals surface area contributed by atoms with E-state index in [-0.39, 0.29) is 12.2 Å². The minimum absolute atomic E-state index is 0.156. The minimum atomic E-state index is -0.835. The summed E-state index contributed by atoms with van der Waals surface area (Å²) >= 11 is 5.81. The second-order valence-electron chi connectivity index (χ2n) is 4.21. The lowest BCUT2D eigenvalue weighted by atomic mass is 10.0. The van der Waals surface area contributed by atoms with Gasteiger partial charge in [0.15, 0.2) is 0 Å². The van der Waals surface area contributed by atoms with Crippen molar-refractivity contribution in [3.63, 3.8) is 0 Å².